The molecule has 1 aromatic carbocycles. The van der Waals surface area contributed by atoms with E-state index < -0.39 is 12.3 Å². The van der Waals surface area contributed by atoms with Crippen LogP contribution in [0.2, 0.25) is 0 Å². The molecule has 0 unspecified atom stereocenters. The monoisotopic (exact) mass is 401 g/mol. The zero-order chi connectivity index (χ0) is 18.6. The average molecular weight is 401 g/mol. The van der Waals surface area contributed by atoms with Crippen LogP contribution in [0.1, 0.15) is 16.1 Å². The van der Waals surface area contributed by atoms with Gasteiger partial charge in [0.05, 0.1) is 6.26 Å². The number of hydrogen-bond acceptors (Lipinski definition) is 7. The first-order chi connectivity index (χ1) is 12.4. The summed E-state index contributed by atoms with van der Waals surface area (Å²) in [5, 5.41) is 10.6. The van der Waals surface area contributed by atoms with Crippen molar-refractivity contribution in [1.29, 1.82) is 0 Å². The first-order valence-corrected chi connectivity index (χ1v) is 8.85. The number of benzene rings is 1. The molecule has 0 aliphatic carbocycles. The van der Waals surface area contributed by atoms with Crippen molar-refractivity contribution < 1.29 is 27.1 Å². The molecule has 3 aromatic rings. The van der Waals surface area contributed by atoms with Crippen molar-refractivity contribution in [3.63, 3.8) is 0 Å². The third kappa shape index (κ3) is 5.23. The van der Waals surface area contributed by atoms with Crippen LogP contribution in [0.5, 0.6) is 5.75 Å². The third-order valence-corrected chi connectivity index (χ3v) is 4.91. The summed E-state index contributed by atoms with van der Waals surface area (Å²) in [5.74, 6) is -0.203. The number of alkyl halides is 3. The van der Waals surface area contributed by atoms with Gasteiger partial charge in [-0.3, -0.25) is 10.1 Å². The summed E-state index contributed by atoms with van der Waals surface area (Å²) in [4.78, 5) is 11.8. The summed E-state index contributed by atoms with van der Waals surface area (Å²) in [6.45, 7) is 0. The first-order valence-electron chi connectivity index (χ1n) is 7.05. The quantitative estimate of drug-likeness (QED) is 0.481. The van der Waals surface area contributed by atoms with Crippen molar-refractivity contribution in [2.24, 2.45) is 0 Å². The van der Waals surface area contributed by atoms with Crippen LogP contribution in [-0.2, 0) is 5.75 Å². The molecule has 0 bridgehead atoms. The molecule has 2 heterocycles. The fourth-order valence-corrected chi connectivity index (χ4v) is 3.55. The summed E-state index contributed by atoms with van der Waals surface area (Å²) in [5.41, 5.74) is 0.633. The molecule has 3 rings (SSSR count). The Morgan fingerprint density at radius 1 is 1.27 bits per heavy atom. The van der Waals surface area contributed by atoms with Gasteiger partial charge in [0.15, 0.2) is 10.1 Å². The van der Waals surface area contributed by atoms with Crippen LogP contribution >= 0.6 is 23.1 Å². The number of hydrogen-bond donors (Lipinski definition) is 1. The number of ether oxygens (including phenoxy) is 1. The highest BCUT2D eigenvalue weighted by atomic mass is 32.2. The number of amides is 1. The lowest BCUT2D eigenvalue weighted by Gasteiger charge is -2.09. The smallest absolute Gasteiger partial charge is 0.459 e. The lowest BCUT2D eigenvalue weighted by molar-refractivity contribution is -0.274. The average Bonchev–Trinajstić information content (AvgIpc) is 3.23. The van der Waals surface area contributed by atoms with Crippen molar-refractivity contribution in [2.75, 3.05) is 5.32 Å². The molecule has 2 aromatic heterocycles. The Balaban J connectivity index is 1.56. The molecule has 0 saturated heterocycles. The van der Waals surface area contributed by atoms with Crippen LogP contribution in [-0.4, -0.2) is 22.5 Å². The summed E-state index contributed by atoms with van der Waals surface area (Å²) in [6.07, 6.45) is -3.35. The number of furan rings is 1. The van der Waals surface area contributed by atoms with Gasteiger partial charge in [0, 0.05) is 5.75 Å². The molecule has 0 saturated carbocycles. The molecule has 6 nitrogen and oxygen atoms in total. The maximum atomic E-state index is 12.2. The summed E-state index contributed by atoms with van der Waals surface area (Å²) in [7, 11) is 0. The molecule has 0 aliphatic heterocycles. The van der Waals surface area contributed by atoms with Gasteiger partial charge in [-0.1, -0.05) is 35.2 Å². The molecule has 0 radical (unpaired) electrons. The Morgan fingerprint density at radius 2 is 2.12 bits per heavy atom. The Kier molecular flexibility index (Phi) is 5.47. The topological polar surface area (TPSA) is 77.2 Å². The Labute approximate surface area is 153 Å². The fourth-order valence-electron chi connectivity index (χ4n) is 1.86. The van der Waals surface area contributed by atoms with Gasteiger partial charge in [0.2, 0.25) is 5.13 Å². The van der Waals surface area contributed by atoms with E-state index in [0.29, 0.717) is 20.8 Å². The van der Waals surface area contributed by atoms with Crippen molar-refractivity contribution in [1.82, 2.24) is 10.2 Å². The van der Waals surface area contributed by atoms with E-state index in [4.69, 9.17) is 4.42 Å². The van der Waals surface area contributed by atoms with Crippen LogP contribution in [0.15, 0.2) is 51.4 Å². The van der Waals surface area contributed by atoms with E-state index in [0.717, 1.165) is 11.3 Å². The maximum absolute atomic E-state index is 12.2. The van der Waals surface area contributed by atoms with Crippen LogP contribution < -0.4 is 10.1 Å². The second-order valence-electron chi connectivity index (χ2n) is 4.79. The molecule has 26 heavy (non-hydrogen) atoms. The molecular weight excluding hydrogens is 391 g/mol. The highest BCUT2D eigenvalue weighted by Crippen LogP contribution is 2.30. The number of rotatable bonds is 6. The summed E-state index contributed by atoms with van der Waals surface area (Å²) in [6, 6.07) is 8.80. The summed E-state index contributed by atoms with van der Waals surface area (Å²) < 4.78 is 46.2. The van der Waals surface area contributed by atoms with Crippen molar-refractivity contribution >= 4 is 34.1 Å². The van der Waals surface area contributed by atoms with Crippen molar-refractivity contribution in [3.8, 4) is 5.75 Å². The zero-order valence-corrected chi connectivity index (χ0v) is 14.5. The van der Waals surface area contributed by atoms with Gasteiger partial charge in [-0.25, -0.2) is 0 Å². The van der Waals surface area contributed by atoms with E-state index in [1.54, 1.807) is 12.1 Å². The Morgan fingerprint density at radius 3 is 2.85 bits per heavy atom. The molecule has 1 N–H and O–H groups in total. The van der Waals surface area contributed by atoms with Crippen LogP contribution in [0.3, 0.4) is 0 Å². The molecule has 0 atom stereocenters. The normalized spacial score (nSPS) is 11.3. The van der Waals surface area contributed by atoms with E-state index >= 15 is 0 Å². The summed E-state index contributed by atoms with van der Waals surface area (Å²) >= 11 is 2.43. The number of nitrogens with one attached hydrogen (secondary N) is 1. The number of halogens is 3. The van der Waals surface area contributed by atoms with Crippen LogP contribution in [0, 0.1) is 0 Å². The van der Waals surface area contributed by atoms with Crippen molar-refractivity contribution in [2.45, 2.75) is 16.5 Å². The van der Waals surface area contributed by atoms with Gasteiger partial charge >= 0.3 is 6.36 Å². The fraction of sp³-hybridized carbons (Fsp3) is 0.133. The predicted octanol–water partition coefficient (Wildman–Crippen LogP) is 4.57. The molecular formula is C15H10F3N3O3S2. The van der Waals surface area contributed by atoms with E-state index in [-0.39, 0.29) is 11.5 Å². The van der Waals surface area contributed by atoms with Gasteiger partial charge in [0.1, 0.15) is 5.75 Å². The van der Waals surface area contributed by atoms with E-state index in [1.807, 2.05) is 0 Å². The highest BCUT2D eigenvalue weighted by Gasteiger charge is 2.31. The standard InChI is InChI=1S/C15H10F3N3O3S2/c16-15(17,18)24-10-4-1-3-9(7-10)8-25-14-21-20-13(26-14)19-12(22)11-5-2-6-23-11/h1-7H,8H2,(H,19,20,22). The van der Waals surface area contributed by atoms with Gasteiger partial charge in [0.25, 0.3) is 5.91 Å². The molecule has 11 heteroatoms. The van der Waals surface area contributed by atoms with Crippen molar-refractivity contribution in [3.05, 3.63) is 54.0 Å². The minimum atomic E-state index is -4.73. The molecule has 0 aliphatic rings. The van der Waals surface area contributed by atoms with Crippen LogP contribution in [0.4, 0.5) is 18.3 Å². The number of aromatic nitrogens is 2. The van der Waals surface area contributed by atoms with E-state index in [1.165, 1.54) is 42.3 Å². The van der Waals surface area contributed by atoms with Gasteiger partial charge in [-0.2, -0.15) is 0 Å². The lowest BCUT2D eigenvalue weighted by Crippen LogP contribution is -2.17. The van der Waals surface area contributed by atoms with Gasteiger partial charge in [-0.15, -0.1) is 23.4 Å². The minimum absolute atomic E-state index is 0.149. The van der Waals surface area contributed by atoms with E-state index in [9.17, 15) is 18.0 Å². The Bertz CT molecular complexity index is 882. The minimum Gasteiger partial charge on any atom is -0.459 e. The largest absolute Gasteiger partial charge is 0.573 e. The number of anilines is 1. The zero-order valence-electron chi connectivity index (χ0n) is 12.8. The first kappa shape index (κ1) is 18.3. The predicted molar refractivity (Wildman–Crippen MR) is 89.3 cm³/mol. The second kappa shape index (κ2) is 7.79. The SMILES string of the molecule is O=C(Nc1nnc(SCc2cccc(OC(F)(F)F)c2)s1)c1ccco1. The molecule has 0 fully saturated rings. The number of carbonyl (C=O) groups is 1. The number of nitrogens with zero attached hydrogens (tertiary/aromatic N) is 2. The molecule has 0 spiro atoms. The second-order valence-corrected chi connectivity index (χ2v) is 6.99. The van der Waals surface area contributed by atoms with Gasteiger partial charge < -0.3 is 9.15 Å². The third-order valence-electron chi connectivity index (χ3n) is 2.87. The number of carbonyl (C=O) groups excluding carboxylic acids is 1. The van der Waals surface area contributed by atoms with Crippen LogP contribution in [0.25, 0.3) is 0 Å². The highest BCUT2D eigenvalue weighted by molar-refractivity contribution is 8.00. The molecule has 136 valence electrons. The Hall–Kier alpha value is -2.53. The number of thioether (sulfide) groups is 1. The van der Waals surface area contributed by atoms with Gasteiger partial charge in [-0.05, 0) is 29.8 Å². The lowest BCUT2D eigenvalue weighted by atomic mass is 10.2. The maximum Gasteiger partial charge on any atom is 0.573 e. The molecule has 1 amide bonds. The van der Waals surface area contributed by atoms with E-state index in [2.05, 4.69) is 20.3 Å².